The van der Waals surface area contributed by atoms with Crippen LogP contribution in [0.25, 0.3) is 17.1 Å². The number of fused-ring (bicyclic) bond motifs is 1. The standard InChI is InChI=1S/C16H14N2S/c1-2-12-7-9-13(10-8-12)11-19-16-17-14-5-3-4-6-15(14)18-16/h2-10H,1,11H2,(H,17,18). The van der Waals surface area contributed by atoms with E-state index >= 15 is 0 Å². The number of aromatic amines is 1. The lowest BCUT2D eigenvalue weighted by atomic mass is 10.1. The summed E-state index contributed by atoms with van der Waals surface area (Å²) in [7, 11) is 0. The van der Waals surface area contributed by atoms with Gasteiger partial charge in [0.1, 0.15) is 0 Å². The van der Waals surface area contributed by atoms with Crippen molar-refractivity contribution in [3.05, 3.63) is 66.2 Å². The summed E-state index contributed by atoms with van der Waals surface area (Å²) in [5, 5.41) is 0.967. The van der Waals surface area contributed by atoms with E-state index in [1.54, 1.807) is 11.8 Å². The van der Waals surface area contributed by atoms with Crippen LogP contribution in [0.5, 0.6) is 0 Å². The van der Waals surface area contributed by atoms with E-state index in [1.807, 2.05) is 30.3 Å². The van der Waals surface area contributed by atoms with Gasteiger partial charge in [0.25, 0.3) is 0 Å². The number of para-hydroxylation sites is 2. The van der Waals surface area contributed by atoms with Crippen molar-refractivity contribution in [1.82, 2.24) is 9.97 Å². The molecule has 0 radical (unpaired) electrons. The van der Waals surface area contributed by atoms with Crippen LogP contribution in [0.4, 0.5) is 0 Å². The highest BCUT2D eigenvalue weighted by Crippen LogP contribution is 2.23. The highest BCUT2D eigenvalue weighted by Gasteiger charge is 2.02. The molecule has 1 heterocycles. The fourth-order valence-electron chi connectivity index (χ4n) is 1.90. The fourth-order valence-corrected chi connectivity index (χ4v) is 2.74. The monoisotopic (exact) mass is 266 g/mol. The molecule has 0 atom stereocenters. The molecule has 1 aromatic heterocycles. The summed E-state index contributed by atoms with van der Waals surface area (Å²) in [6.07, 6.45) is 1.86. The van der Waals surface area contributed by atoms with Crippen LogP contribution in [0, 0.1) is 0 Å². The first kappa shape index (κ1) is 12.1. The Bertz CT molecular complexity index is 665. The first-order valence-corrected chi connectivity index (χ1v) is 7.12. The minimum atomic E-state index is 0.914. The van der Waals surface area contributed by atoms with Crippen molar-refractivity contribution in [2.45, 2.75) is 10.9 Å². The Kier molecular flexibility index (Phi) is 3.38. The predicted octanol–water partition coefficient (Wildman–Crippen LogP) is 4.50. The van der Waals surface area contributed by atoms with Crippen LogP contribution in [0.1, 0.15) is 11.1 Å². The van der Waals surface area contributed by atoms with Gasteiger partial charge in [-0.15, -0.1) is 0 Å². The Balaban J connectivity index is 1.72. The maximum absolute atomic E-state index is 4.55. The Labute approximate surface area is 116 Å². The van der Waals surface area contributed by atoms with E-state index in [0.29, 0.717) is 0 Å². The molecule has 0 unspecified atom stereocenters. The molecule has 0 amide bonds. The van der Waals surface area contributed by atoms with Gasteiger partial charge in [-0.3, -0.25) is 0 Å². The van der Waals surface area contributed by atoms with Gasteiger partial charge in [0, 0.05) is 5.75 Å². The number of nitrogens with zero attached hydrogens (tertiary/aromatic N) is 1. The van der Waals surface area contributed by atoms with E-state index < -0.39 is 0 Å². The Morgan fingerprint density at radius 2 is 1.89 bits per heavy atom. The van der Waals surface area contributed by atoms with E-state index in [0.717, 1.165) is 27.5 Å². The van der Waals surface area contributed by atoms with Gasteiger partial charge in [0.2, 0.25) is 0 Å². The molecular formula is C16H14N2S. The summed E-state index contributed by atoms with van der Waals surface area (Å²) < 4.78 is 0. The average molecular weight is 266 g/mol. The van der Waals surface area contributed by atoms with Crippen molar-refractivity contribution < 1.29 is 0 Å². The fraction of sp³-hybridized carbons (Fsp3) is 0.0625. The zero-order valence-electron chi connectivity index (χ0n) is 10.5. The first-order valence-electron chi connectivity index (χ1n) is 6.14. The molecule has 0 spiro atoms. The third-order valence-electron chi connectivity index (χ3n) is 2.96. The van der Waals surface area contributed by atoms with Crippen molar-refractivity contribution in [2.24, 2.45) is 0 Å². The first-order chi connectivity index (χ1) is 9.35. The summed E-state index contributed by atoms with van der Waals surface area (Å²) in [6, 6.07) is 16.5. The Hall–Kier alpha value is -2.00. The van der Waals surface area contributed by atoms with Gasteiger partial charge in [-0.1, -0.05) is 60.8 Å². The Morgan fingerprint density at radius 1 is 1.11 bits per heavy atom. The number of rotatable bonds is 4. The summed E-state index contributed by atoms with van der Waals surface area (Å²) in [5.41, 5.74) is 4.55. The van der Waals surface area contributed by atoms with E-state index in [-0.39, 0.29) is 0 Å². The quantitative estimate of drug-likeness (QED) is 0.704. The average Bonchev–Trinajstić information content (AvgIpc) is 2.88. The number of imidazole rings is 1. The second-order valence-electron chi connectivity index (χ2n) is 4.29. The van der Waals surface area contributed by atoms with Crippen molar-refractivity contribution in [2.75, 3.05) is 0 Å². The van der Waals surface area contributed by atoms with E-state index in [1.165, 1.54) is 5.56 Å². The number of H-pyrrole nitrogens is 1. The number of aromatic nitrogens is 2. The molecule has 19 heavy (non-hydrogen) atoms. The summed E-state index contributed by atoms with van der Waals surface area (Å²) in [6.45, 7) is 3.76. The molecule has 3 heteroatoms. The SMILES string of the molecule is C=Cc1ccc(CSc2nc3ccccc3[nH]2)cc1. The number of hydrogen-bond acceptors (Lipinski definition) is 2. The molecule has 0 aliphatic rings. The lowest BCUT2D eigenvalue weighted by molar-refractivity contribution is 1.08. The molecule has 94 valence electrons. The maximum atomic E-state index is 4.55. The lowest BCUT2D eigenvalue weighted by Gasteiger charge is -2.00. The minimum absolute atomic E-state index is 0.914. The van der Waals surface area contributed by atoms with Crippen LogP contribution in [-0.2, 0) is 5.75 Å². The van der Waals surface area contributed by atoms with Gasteiger partial charge >= 0.3 is 0 Å². The molecule has 0 aliphatic heterocycles. The van der Waals surface area contributed by atoms with Gasteiger partial charge in [-0.25, -0.2) is 4.98 Å². The molecule has 2 aromatic carbocycles. The second kappa shape index (κ2) is 5.33. The molecule has 3 rings (SSSR count). The van der Waals surface area contributed by atoms with Crippen LogP contribution >= 0.6 is 11.8 Å². The molecule has 1 N–H and O–H groups in total. The summed E-state index contributed by atoms with van der Waals surface area (Å²) >= 11 is 1.72. The molecule has 2 nitrogen and oxygen atoms in total. The van der Waals surface area contributed by atoms with Gasteiger partial charge < -0.3 is 4.98 Å². The largest absolute Gasteiger partial charge is 0.333 e. The number of hydrogen-bond donors (Lipinski definition) is 1. The van der Waals surface area contributed by atoms with E-state index in [2.05, 4.69) is 40.8 Å². The number of thioether (sulfide) groups is 1. The van der Waals surface area contributed by atoms with Crippen LogP contribution in [-0.4, -0.2) is 9.97 Å². The van der Waals surface area contributed by atoms with Gasteiger partial charge in [-0.2, -0.15) is 0 Å². The van der Waals surface area contributed by atoms with Gasteiger partial charge in [-0.05, 0) is 23.3 Å². The smallest absolute Gasteiger partial charge is 0.166 e. The molecule has 0 bridgehead atoms. The highest BCUT2D eigenvalue weighted by molar-refractivity contribution is 7.98. The normalized spacial score (nSPS) is 10.7. The van der Waals surface area contributed by atoms with Crippen molar-refractivity contribution in [3.63, 3.8) is 0 Å². The zero-order chi connectivity index (χ0) is 13.1. The van der Waals surface area contributed by atoms with Gasteiger partial charge in [0.05, 0.1) is 11.0 Å². The maximum Gasteiger partial charge on any atom is 0.166 e. The third-order valence-corrected chi connectivity index (χ3v) is 3.90. The lowest BCUT2D eigenvalue weighted by Crippen LogP contribution is -1.82. The number of benzene rings is 2. The zero-order valence-corrected chi connectivity index (χ0v) is 11.3. The molecule has 0 saturated heterocycles. The van der Waals surface area contributed by atoms with Crippen molar-refractivity contribution in [3.8, 4) is 0 Å². The summed E-state index contributed by atoms with van der Waals surface area (Å²) in [4.78, 5) is 7.88. The Morgan fingerprint density at radius 3 is 2.63 bits per heavy atom. The van der Waals surface area contributed by atoms with E-state index in [9.17, 15) is 0 Å². The van der Waals surface area contributed by atoms with Gasteiger partial charge in [0.15, 0.2) is 5.16 Å². The van der Waals surface area contributed by atoms with Crippen LogP contribution < -0.4 is 0 Å². The molecular weight excluding hydrogens is 252 g/mol. The summed E-state index contributed by atoms with van der Waals surface area (Å²) in [5.74, 6) is 0.914. The second-order valence-corrected chi connectivity index (χ2v) is 5.26. The van der Waals surface area contributed by atoms with Crippen LogP contribution in [0.3, 0.4) is 0 Å². The van der Waals surface area contributed by atoms with Crippen molar-refractivity contribution >= 4 is 28.9 Å². The van der Waals surface area contributed by atoms with Crippen LogP contribution in [0.15, 0.2) is 60.3 Å². The predicted molar refractivity (Wildman–Crippen MR) is 82.2 cm³/mol. The topological polar surface area (TPSA) is 28.7 Å². The number of nitrogens with one attached hydrogen (secondary N) is 1. The molecule has 0 saturated carbocycles. The van der Waals surface area contributed by atoms with Crippen LogP contribution in [0.2, 0.25) is 0 Å². The third kappa shape index (κ3) is 2.71. The highest BCUT2D eigenvalue weighted by atomic mass is 32.2. The minimum Gasteiger partial charge on any atom is -0.333 e. The molecule has 0 aliphatic carbocycles. The van der Waals surface area contributed by atoms with E-state index in [4.69, 9.17) is 0 Å². The molecule has 0 fully saturated rings. The molecule has 3 aromatic rings. The van der Waals surface area contributed by atoms with Crippen molar-refractivity contribution in [1.29, 1.82) is 0 Å².